The van der Waals surface area contributed by atoms with Crippen LogP contribution in [0.5, 0.6) is 0 Å². The van der Waals surface area contributed by atoms with Crippen molar-refractivity contribution in [1.29, 1.82) is 0 Å². The molecule has 20 heavy (non-hydrogen) atoms. The van der Waals surface area contributed by atoms with E-state index in [1.54, 1.807) is 20.9 Å². The number of halogens is 1. The summed E-state index contributed by atoms with van der Waals surface area (Å²) in [4.78, 5) is 13.0. The van der Waals surface area contributed by atoms with Crippen molar-refractivity contribution >= 4 is 33.2 Å². The first-order valence-corrected chi connectivity index (χ1v) is 7.84. The molecular formula is C12H18ClN3O3S. The first kappa shape index (κ1) is 16.7. The van der Waals surface area contributed by atoms with Crippen LogP contribution in [0, 0.1) is 6.92 Å². The van der Waals surface area contributed by atoms with E-state index in [1.807, 2.05) is 0 Å². The van der Waals surface area contributed by atoms with E-state index in [9.17, 15) is 13.2 Å². The van der Waals surface area contributed by atoms with Crippen molar-refractivity contribution in [3.63, 3.8) is 0 Å². The molecule has 0 aliphatic carbocycles. The zero-order chi connectivity index (χ0) is 15.5. The summed E-state index contributed by atoms with van der Waals surface area (Å²) >= 11 is 5.89. The lowest BCUT2D eigenvalue weighted by Crippen LogP contribution is -2.38. The number of rotatable bonds is 5. The fraction of sp³-hybridized carbons (Fsp3) is 0.417. The summed E-state index contributed by atoms with van der Waals surface area (Å²) in [6, 6.07) is 2.68. The van der Waals surface area contributed by atoms with Gasteiger partial charge in [-0.3, -0.25) is 4.79 Å². The number of benzene rings is 1. The Bertz CT molecular complexity index is 593. The number of hydrogen-bond donors (Lipinski definition) is 2. The van der Waals surface area contributed by atoms with Crippen LogP contribution in [0.15, 0.2) is 17.0 Å². The summed E-state index contributed by atoms with van der Waals surface area (Å²) < 4.78 is 26.4. The lowest BCUT2D eigenvalue weighted by molar-refractivity contribution is -0.128. The topological polar surface area (TPSA) is 92.5 Å². The third-order valence-electron chi connectivity index (χ3n) is 2.88. The van der Waals surface area contributed by atoms with E-state index in [0.717, 1.165) is 0 Å². The molecule has 0 spiro atoms. The molecule has 0 radical (unpaired) electrons. The highest BCUT2D eigenvalue weighted by molar-refractivity contribution is 7.89. The molecule has 0 aromatic heterocycles. The molecule has 1 aromatic rings. The molecule has 6 nitrogen and oxygen atoms in total. The number of sulfonamides is 1. The molecule has 0 atom stereocenters. The monoisotopic (exact) mass is 319 g/mol. The Kier molecular flexibility index (Phi) is 5.38. The third-order valence-corrected chi connectivity index (χ3v) is 4.78. The lowest BCUT2D eigenvalue weighted by Gasteiger charge is -2.15. The summed E-state index contributed by atoms with van der Waals surface area (Å²) in [6.45, 7) is 3.67. The van der Waals surface area contributed by atoms with Crippen molar-refractivity contribution in [1.82, 2.24) is 9.62 Å². The normalized spacial score (nSPS) is 11.4. The molecule has 0 unspecified atom stereocenters. The fourth-order valence-electron chi connectivity index (χ4n) is 1.47. The molecule has 0 saturated heterocycles. The number of nitrogens with two attached hydrogens (primary N) is 1. The number of nitrogens with zero attached hydrogens (tertiary/aromatic N) is 1. The van der Waals surface area contributed by atoms with Crippen molar-refractivity contribution in [3.05, 3.63) is 22.7 Å². The van der Waals surface area contributed by atoms with Crippen LogP contribution in [0.3, 0.4) is 0 Å². The summed E-state index contributed by atoms with van der Waals surface area (Å²) in [6.07, 6.45) is 0. The van der Waals surface area contributed by atoms with Crippen molar-refractivity contribution < 1.29 is 13.2 Å². The molecule has 1 amide bonds. The number of nitrogens with one attached hydrogen (secondary N) is 1. The summed E-state index contributed by atoms with van der Waals surface area (Å²) in [5, 5.41) is 0.325. The van der Waals surface area contributed by atoms with Crippen LogP contribution < -0.4 is 10.5 Å². The van der Waals surface area contributed by atoms with Crippen molar-refractivity contribution in [3.8, 4) is 0 Å². The third kappa shape index (κ3) is 3.84. The number of nitrogen functional groups attached to an aromatic ring is 1. The van der Waals surface area contributed by atoms with E-state index in [4.69, 9.17) is 17.3 Å². The van der Waals surface area contributed by atoms with Crippen LogP contribution in [0.25, 0.3) is 0 Å². The SMILES string of the molecule is CCN(C)C(=O)CNS(=O)(=O)c1cc(C)c(Cl)c(N)c1. The van der Waals surface area contributed by atoms with Crippen molar-refractivity contribution in [2.75, 3.05) is 25.9 Å². The Hall–Kier alpha value is -1.31. The van der Waals surface area contributed by atoms with Gasteiger partial charge in [-0.1, -0.05) is 11.6 Å². The van der Waals surface area contributed by atoms with Crippen LogP contribution in [0.4, 0.5) is 5.69 Å². The van der Waals surface area contributed by atoms with E-state index in [1.165, 1.54) is 17.0 Å². The van der Waals surface area contributed by atoms with E-state index < -0.39 is 10.0 Å². The van der Waals surface area contributed by atoms with Gasteiger partial charge in [-0.2, -0.15) is 0 Å². The Labute approximate surface area is 123 Å². The second kappa shape index (κ2) is 6.43. The van der Waals surface area contributed by atoms with Crippen LogP contribution in [0.2, 0.25) is 5.02 Å². The van der Waals surface area contributed by atoms with Gasteiger partial charge in [0.2, 0.25) is 15.9 Å². The van der Waals surface area contributed by atoms with Gasteiger partial charge in [-0.15, -0.1) is 0 Å². The number of aryl methyl sites for hydroxylation is 1. The van der Waals surface area contributed by atoms with Crippen molar-refractivity contribution in [2.45, 2.75) is 18.7 Å². The molecule has 0 aliphatic rings. The molecule has 8 heteroatoms. The van der Waals surface area contributed by atoms with Gasteiger partial charge >= 0.3 is 0 Å². The largest absolute Gasteiger partial charge is 0.397 e. The molecular weight excluding hydrogens is 302 g/mol. The number of amides is 1. The maximum Gasteiger partial charge on any atom is 0.241 e. The number of anilines is 1. The van der Waals surface area contributed by atoms with E-state index in [-0.39, 0.29) is 23.0 Å². The minimum atomic E-state index is -3.79. The fourth-order valence-corrected chi connectivity index (χ4v) is 2.67. The predicted octanol–water partition coefficient (Wildman–Crippen LogP) is 0.987. The van der Waals surface area contributed by atoms with Gasteiger partial charge in [0.05, 0.1) is 22.2 Å². The minimum Gasteiger partial charge on any atom is -0.397 e. The molecule has 0 fully saturated rings. The summed E-state index contributed by atoms with van der Waals surface area (Å²) in [5.74, 6) is -0.310. The summed E-state index contributed by atoms with van der Waals surface area (Å²) in [7, 11) is -2.20. The van der Waals surface area contributed by atoms with E-state index >= 15 is 0 Å². The predicted molar refractivity (Wildman–Crippen MR) is 79.1 cm³/mol. The number of carbonyl (C=O) groups is 1. The second-order valence-corrected chi connectivity index (χ2v) is 6.52. The van der Waals surface area contributed by atoms with Gasteiger partial charge in [-0.05, 0) is 31.5 Å². The van der Waals surface area contributed by atoms with Gasteiger partial charge in [0.25, 0.3) is 0 Å². The molecule has 0 heterocycles. The Morgan fingerprint density at radius 1 is 1.45 bits per heavy atom. The molecule has 1 aromatic carbocycles. The highest BCUT2D eigenvalue weighted by Crippen LogP contribution is 2.26. The standard InChI is InChI=1S/C12H18ClN3O3S/c1-4-16(3)11(17)7-15-20(18,19)9-5-8(2)12(13)10(14)6-9/h5-6,15H,4,7,14H2,1-3H3. The van der Waals surface area contributed by atoms with Crippen LogP contribution in [-0.4, -0.2) is 39.4 Å². The molecule has 112 valence electrons. The Morgan fingerprint density at radius 2 is 2.05 bits per heavy atom. The van der Waals surface area contributed by atoms with Gasteiger partial charge in [-0.25, -0.2) is 13.1 Å². The van der Waals surface area contributed by atoms with Crippen LogP contribution in [-0.2, 0) is 14.8 Å². The Balaban J connectivity index is 2.93. The van der Waals surface area contributed by atoms with Gasteiger partial charge in [0.15, 0.2) is 0 Å². The Morgan fingerprint density at radius 3 is 2.55 bits per heavy atom. The highest BCUT2D eigenvalue weighted by atomic mass is 35.5. The molecule has 0 bridgehead atoms. The molecule has 1 rings (SSSR count). The molecule has 3 N–H and O–H groups in total. The second-order valence-electron chi connectivity index (χ2n) is 4.38. The van der Waals surface area contributed by atoms with Crippen molar-refractivity contribution in [2.24, 2.45) is 0 Å². The van der Waals surface area contributed by atoms with E-state index in [2.05, 4.69) is 4.72 Å². The van der Waals surface area contributed by atoms with Crippen LogP contribution in [0.1, 0.15) is 12.5 Å². The number of likely N-dealkylation sites (N-methyl/N-ethyl adjacent to an activating group) is 1. The smallest absolute Gasteiger partial charge is 0.241 e. The maximum absolute atomic E-state index is 12.1. The lowest BCUT2D eigenvalue weighted by atomic mass is 10.2. The first-order chi connectivity index (χ1) is 9.19. The molecule has 0 aliphatic heterocycles. The highest BCUT2D eigenvalue weighted by Gasteiger charge is 2.18. The zero-order valence-corrected chi connectivity index (χ0v) is 13.2. The minimum absolute atomic E-state index is 0.0103. The average Bonchev–Trinajstić information content (AvgIpc) is 2.40. The van der Waals surface area contributed by atoms with Crippen LogP contribution >= 0.6 is 11.6 Å². The maximum atomic E-state index is 12.1. The first-order valence-electron chi connectivity index (χ1n) is 5.98. The van der Waals surface area contributed by atoms with Gasteiger partial charge in [0.1, 0.15) is 0 Å². The van der Waals surface area contributed by atoms with Gasteiger partial charge < -0.3 is 10.6 Å². The van der Waals surface area contributed by atoms with Gasteiger partial charge in [0, 0.05) is 13.6 Å². The zero-order valence-electron chi connectivity index (χ0n) is 11.6. The number of carbonyl (C=O) groups excluding carboxylic acids is 1. The molecule has 0 saturated carbocycles. The summed E-state index contributed by atoms with van der Waals surface area (Å²) in [5.41, 5.74) is 6.39. The van der Waals surface area contributed by atoms with E-state index in [0.29, 0.717) is 17.1 Å². The average molecular weight is 320 g/mol. The quantitative estimate of drug-likeness (QED) is 0.791. The number of hydrogen-bond acceptors (Lipinski definition) is 4.